The Hall–Kier alpha value is -2.08. The molecule has 2 N–H and O–H groups in total. The normalized spacial score (nSPS) is 14.7. The first-order valence-electron chi connectivity index (χ1n) is 10.1. The van der Waals surface area contributed by atoms with Gasteiger partial charge >= 0.3 is 6.18 Å². The highest BCUT2D eigenvalue weighted by Gasteiger charge is 2.34. The first-order chi connectivity index (χ1) is 14.9. The molecule has 0 atom stereocenters. The molecule has 1 heterocycles. The van der Waals surface area contributed by atoms with Crippen molar-refractivity contribution in [1.29, 1.82) is 0 Å². The summed E-state index contributed by atoms with van der Waals surface area (Å²) in [6.07, 6.45) is -3.91. The lowest BCUT2D eigenvalue weighted by Gasteiger charge is -2.29. The smallest absolute Gasteiger partial charge is 0.378 e. The van der Waals surface area contributed by atoms with E-state index < -0.39 is 11.7 Å². The fourth-order valence-electron chi connectivity index (χ4n) is 3.42. The molecule has 1 saturated heterocycles. The number of hydrogen-bond acceptors (Lipinski definition) is 3. The molecule has 0 spiro atoms. The maximum atomic E-state index is 13.7. The predicted octanol–water partition coefficient (Wildman–Crippen LogP) is 4.21. The molecule has 176 valence electrons. The number of rotatable bonds is 6. The summed E-state index contributed by atoms with van der Waals surface area (Å²) in [5.41, 5.74) is 0.829. The highest BCUT2D eigenvalue weighted by Crippen LogP contribution is 2.35. The molecule has 1 aliphatic rings. The van der Waals surface area contributed by atoms with Crippen molar-refractivity contribution in [3.05, 3.63) is 65.0 Å². The second-order valence-electron chi connectivity index (χ2n) is 7.17. The van der Waals surface area contributed by atoms with Gasteiger partial charge in [-0.2, -0.15) is 13.2 Å². The number of aliphatic imine (C=N–C) groups is 1. The van der Waals surface area contributed by atoms with Crippen LogP contribution < -0.4 is 15.5 Å². The van der Waals surface area contributed by atoms with Crippen molar-refractivity contribution < 1.29 is 22.3 Å². The number of ether oxygens (including phenoxy) is 1. The summed E-state index contributed by atoms with van der Waals surface area (Å²) in [5.74, 6) is 0.0713. The van der Waals surface area contributed by atoms with Crippen molar-refractivity contribution in [3.8, 4) is 0 Å². The molecule has 0 aliphatic carbocycles. The fraction of sp³-hybridized carbons (Fsp3) is 0.409. The van der Waals surface area contributed by atoms with Gasteiger partial charge in [0.1, 0.15) is 5.82 Å². The van der Waals surface area contributed by atoms with Gasteiger partial charge in [-0.1, -0.05) is 18.2 Å². The molecule has 5 nitrogen and oxygen atoms in total. The van der Waals surface area contributed by atoms with E-state index in [9.17, 15) is 17.6 Å². The van der Waals surface area contributed by atoms with Gasteiger partial charge in [0.05, 0.1) is 18.8 Å². The highest BCUT2D eigenvalue weighted by molar-refractivity contribution is 14.0. The Kier molecular flexibility index (Phi) is 10.0. The largest absolute Gasteiger partial charge is 0.416 e. The number of guanidine groups is 1. The maximum Gasteiger partial charge on any atom is 0.416 e. The number of benzene rings is 2. The molecule has 3 rings (SSSR count). The van der Waals surface area contributed by atoms with Crippen molar-refractivity contribution in [2.45, 2.75) is 19.1 Å². The Labute approximate surface area is 202 Å². The summed E-state index contributed by atoms with van der Waals surface area (Å²) in [6, 6.07) is 10.7. The van der Waals surface area contributed by atoms with Gasteiger partial charge in [-0.05, 0) is 41.8 Å². The monoisotopic (exact) mass is 566 g/mol. The Morgan fingerprint density at radius 3 is 2.50 bits per heavy atom. The van der Waals surface area contributed by atoms with Crippen LogP contribution in [0.25, 0.3) is 0 Å². The van der Waals surface area contributed by atoms with E-state index >= 15 is 0 Å². The molecule has 0 radical (unpaired) electrons. The van der Waals surface area contributed by atoms with Crippen LogP contribution in [0.5, 0.6) is 0 Å². The Bertz CT molecular complexity index is 902. The molecule has 1 fully saturated rings. The molecule has 0 bridgehead atoms. The van der Waals surface area contributed by atoms with Gasteiger partial charge in [0.15, 0.2) is 5.96 Å². The van der Waals surface area contributed by atoms with E-state index in [0.717, 1.165) is 5.56 Å². The zero-order valence-electron chi connectivity index (χ0n) is 17.7. The van der Waals surface area contributed by atoms with Crippen LogP contribution in [0.2, 0.25) is 0 Å². The van der Waals surface area contributed by atoms with E-state index in [4.69, 9.17) is 4.74 Å². The molecule has 2 aromatic carbocycles. The minimum absolute atomic E-state index is 0. The van der Waals surface area contributed by atoms with Crippen molar-refractivity contribution >= 4 is 35.6 Å². The van der Waals surface area contributed by atoms with Gasteiger partial charge in [0.2, 0.25) is 0 Å². The third kappa shape index (κ3) is 7.51. The van der Waals surface area contributed by atoms with Crippen molar-refractivity contribution in [3.63, 3.8) is 0 Å². The van der Waals surface area contributed by atoms with Gasteiger partial charge in [-0.15, -0.1) is 24.0 Å². The van der Waals surface area contributed by atoms with E-state index in [1.165, 1.54) is 24.3 Å². The summed E-state index contributed by atoms with van der Waals surface area (Å²) in [7, 11) is 1.55. The second-order valence-corrected chi connectivity index (χ2v) is 7.17. The zero-order valence-corrected chi connectivity index (χ0v) is 20.0. The first-order valence-corrected chi connectivity index (χ1v) is 10.1. The highest BCUT2D eigenvalue weighted by atomic mass is 127. The lowest BCUT2D eigenvalue weighted by molar-refractivity contribution is -0.138. The molecule has 10 heteroatoms. The van der Waals surface area contributed by atoms with Crippen molar-refractivity contribution in [2.24, 2.45) is 4.99 Å². The topological polar surface area (TPSA) is 48.9 Å². The molecule has 0 saturated carbocycles. The minimum atomic E-state index is -4.46. The number of nitrogens with zero attached hydrogens (tertiary/aromatic N) is 2. The molecule has 0 aromatic heterocycles. The van der Waals surface area contributed by atoms with Gasteiger partial charge in [0.25, 0.3) is 0 Å². The lowest BCUT2D eigenvalue weighted by atomic mass is 10.0. The van der Waals surface area contributed by atoms with Crippen LogP contribution >= 0.6 is 24.0 Å². The first kappa shape index (κ1) is 26.2. The quantitative estimate of drug-likeness (QED) is 0.238. The lowest BCUT2D eigenvalue weighted by Crippen LogP contribution is -2.38. The SMILES string of the molecule is CN=C(NCCc1cccc(F)c1)NCc1ccc(N2CCOCC2)cc1C(F)(F)F.I. The summed E-state index contributed by atoms with van der Waals surface area (Å²) in [4.78, 5) is 5.94. The van der Waals surface area contributed by atoms with E-state index in [1.54, 1.807) is 19.2 Å². The summed E-state index contributed by atoms with van der Waals surface area (Å²) in [6.45, 7) is 2.57. The number of alkyl halides is 3. The maximum absolute atomic E-state index is 13.7. The van der Waals surface area contributed by atoms with Crippen LogP contribution in [-0.4, -0.2) is 45.9 Å². The molecular formula is C22H27F4IN4O. The molecule has 2 aromatic rings. The van der Waals surface area contributed by atoms with Crippen LogP contribution in [0.15, 0.2) is 47.5 Å². The Morgan fingerprint density at radius 1 is 1.09 bits per heavy atom. The fourth-order valence-corrected chi connectivity index (χ4v) is 3.42. The van der Waals surface area contributed by atoms with E-state index in [-0.39, 0.29) is 41.9 Å². The van der Waals surface area contributed by atoms with Crippen LogP contribution in [0.1, 0.15) is 16.7 Å². The summed E-state index contributed by atoms with van der Waals surface area (Å²) >= 11 is 0. The predicted molar refractivity (Wildman–Crippen MR) is 128 cm³/mol. The standard InChI is InChI=1S/C22H26F4N4O.HI/c1-27-21(28-8-7-16-3-2-4-18(23)13-16)29-15-17-5-6-19(14-20(17)22(24,25)26)30-9-11-31-12-10-30;/h2-6,13-14H,7-12,15H2,1H3,(H2,27,28,29);1H. The zero-order chi connectivity index (χ0) is 22.3. The average Bonchev–Trinajstić information content (AvgIpc) is 2.76. The van der Waals surface area contributed by atoms with Gasteiger partial charge in [-0.3, -0.25) is 4.99 Å². The molecule has 0 amide bonds. The number of nitrogens with one attached hydrogen (secondary N) is 2. The van der Waals surface area contributed by atoms with Gasteiger partial charge < -0.3 is 20.3 Å². The van der Waals surface area contributed by atoms with Crippen molar-refractivity contribution in [1.82, 2.24) is 10.6 Å². The number of halogens is 5. The second kappa shape index (κ2) is 12.2. The van der Waals surface area contributed by atoms with Crippen LogP contribution in [0.3, 0.4) is 0 Å². The summed E-state index contributed by atoms with van der Waals surface area (Å²) in [5, 5.41) is 5.97. The molecule has 32 heavy (non-hydrogen) atoms. The number of anilines is 1. The van der Waals surface area contributed by atoms with Gasteiger partial charge in [0, 0.05) is 38.9 Å². The minimum Gasteiger partial charge on any atom is -0.378 e. The van der Waals surface area contributed by atoms with E-state index in [1.807, 2.05) is 11.0 Å². The third-order valence-corrected chi connectivity index (χ3v) is 5.04. The van der Waals surface area contributed by atoms with E-state index in [2.05, 4.69) is 15.6 Å². The third-order valence-electron chi connectivity index (χ3n) is 5.04. The molecule has 1 aliphatic heterocycles. The number of morpholine rings is 1. The van der Waals surface area contributed by atoms with Crippen LogP contribution in [0, 0.1) is 5.82 Å². The molecule has 0 unspecified atom stereocenters. The Morgan fingerprint density at radius 2 is 1.84 bits per heavy atom. The summed E-state index contributed by atoms with van der Waals surface area (Å²) < 4.78 is 59.6. The average molecular weight is 566 g/mol. The Balaban J connectivity index is 0.00000363. The number of hydrogen-bond donors (Lipinski definition) is 2. The van der Waals surface area contributed by atoms with Gasteiger partial charge in [-0.25, -0.2) is 4.39 Å². The van der Waals surface area contributed by atoms with Crippen LogP contribution in [0.4, 0.5) is 23.2 Å². The van der Waals surface area contributed by atoms with E-state index in [0.29, 0.717) is 50.9 Å². The van der Waals surface area contributed by atoms with Crippen molar-refractivity contribution in [2.75, 3.05) is 44.8 Å². The molecular weight excluding hydrogens is 539 g/mol. The van der Waals surface area contributed by atoms with Crippen LogP contribution in [-0.2, 0) is 23.9 Å².